The molecule has 8 rings (SSSR count). The number of para-hydroxylation sites is 2. The van der Waals surface area contributed by atoms with Gasteiger partial charge in [-0.25, -0.2) is 0 Å². The largest absolute Gasteiger partial charge is 0.333 e. The van der Waals surface area contributed by atoms with Gasteiger partial charge in [-0.3, -0.25) is 0 Å². The van der Waals surface area contributed by atoms with E-state index in [-0.39, 0.29) is 6.04 Å². The molecule has 3 aliphatic rings. The fourth-order valence-electron chi connectivity index (χ4n) is 7.27. The van der Waals surface area contributed by atoms with E-state index in [4.69, 9.17) is 0 Å². The molecule has 0 aromatic heterocycles. The number of nitrogens with zero attached hydrogens (tertiary/aromatic N) is 1. The Hall–Kier alpha value is -4.79. The fraction of sp³-hybridized carbons (Fsp3) is 0.0952. The van der Waals surface area contributed by atoms with Crippen molar-refractivity contribution in [2.24, 2.45) is 0 Å². The molecule has 0 fully saturated rings. The zero-order valence-electron chi connectivity index (χ0n) is 24.7. The zero-order valence-corrected chi connectivity index (χ0v) is 25.5. The molecule has 1 aliphatic heterocycles. The van der Waals surface area contributed by atoms with E-state index < -0.39 is 10.0 Å². The molecule has 2 aliphatic carbocycles. The van der Waals surface area contributed by atoms with E-state index in [1.54, 1.807) is 0 Å². The summed E-state index contributed by atoms with van der Waals surface area (Å²) in [6.07, 6.45) is 15.1. The van der Waals surface area contributed by atoms with Crippen LogP contribution in [0.1, 0.15) is 24.8 Å². The molecule has 5 aromatic carbocycles. The van der Waals surface area contributed by atoms with Gasteiger partial charge in [0, 0.05) is 31.6 Å². The fourth-order valence-corrected chi connectivity index (χ4v) is 11.7. The van der Waals surface area contributed by atoms with Crippen LogP contribution >= 0.6 is 10.0 Å². The van der Waals surface area contributed by atoms with Crippen molar-refractivity contribution in [3.05, 3.63) is 185 Å². The van der Waals surface area contributed by atoms with Gasteiger partial charge < -0.3 is 4.90 Å². The molecule has 44 heavy (non-hydrogen) atoms. The molecule has 214 valence electrons. The van der Waals surface area contributed by atoms with E-state index in [0.717, 1.165) is 19.3 Å². The van der Waals surface area contributed by atoms with Crippen molar-refractivity contribution >= 4 is 27.0 Å². The van der Waals surface area contributed by atoms with Crippen LogP contribution in [0.2, 0.25) is 0 Å². The van der Waals surface area contributed by atoms with Gasteiger partial charge in [0.15, 0.2) is 0 Å². The minimum Gasteiger partial charge on any atom is -0.333 e. The minimum absolute atomic E-state index is 0.238. The molecule has 0 radical (unpaired) electrons. The van der Waals surface area contributed by atoms with E-state index in [1.165, 1.54) is 53.2 Å². The number of rotatable bonds is 6. The van der Waals surface area contributed by atoms with E-state index in [2.05, 4.69) is 175 Å². The van der Waals surface area contributed by atoms with E-state index in [9.17, 15) is 0 Å². The molecule has 0 saturated carbocycles. The molecule has 1 nitrogen and oxygen atoms in total. The van der Waals surface area contributed by atoms with Gasteiger partial charge in [0.2, 0.25) is 0 Å². The number of anilines is 2. The Labute approximate surface area is 262 Å². The van der Waals surface area contributed by atoms with Crippen LogP contribution in [0.3, 0.4) is 0 Å². The Morgan fingerprint density at radius 1 is 0.614 bits per heavy atom. The van der Waals surface area contributed by atoms with Crippen molar-refractivity contribution in [1.29, 1.82) is 0 Å². The Morgan fingerprint density at radius 3 is 2.07 bits per heavy atom. The maximum Gasteiger partial charge on any atom is 0.0643 e. The Kier molecular flexibility index (Phi) is 6.93. The van der Waals surface area contributed by atoms with Crippen molar-refractivity contribution in [3.8, 4) is 11.1 Å². The van der Waals surface area contributed by atoms with Gasteiger partial charge in [0.1, 0.15) is 0 Å². The van der Waals surface area contributed by atoms with Gasteiger partial charge in [-0.2, -0.15) is 0 Å². The predicted molar refractivity (Wildman–Crippen MR) is 188 cm³/mol. The highest BCUT2D eigenvalue weighted by atomic mass is 32.3. The first-order chi connectivity index (χ1) is 21.9. The van der Waals surface area contributed by atoms with Gasteiger partial charge >= 0.3 is 0 Å². The van der Waals surface area contributed by atoms with Crippen LogP contribution in [0.15, 0.2) is 190 Å². The smallest absolute Gasteiger partial charge is 0.0643 e. The number of fused-ring (bicyclic) bond motifs is 3. The van der Waals surface area contributed by atoms with Crippen molar-refractivity contribution in [3.63, 3.8) is 0 Å². The molecule has 2 unspecified atom stereocenters. The molecule has 1 heterocycles. The molecule has 0 bridgehead atoms. The Bertz CT molecular complexity index is 1930. The van der Waals surface area contributed by atoms with Crippen LogP contribution in [-0.2, 0) is 0 Å². The summed E-state index contributed by atoms with van der Waals surface area (Å²) in [5.41, 5.74) is 7.91. The van der Waals surface area contributed by atoms with Crippen LogP contribution in [0.4, 0.5) is 11.4 Å². The van der Waals surface area contributed by atoms with E-state index >= 15 is 0 Å². The van der Waals surface area contributed by atoms with E-state index in [0.29, 0.717) is 0 Å². The first-order valence-corrected chi connectivity index (χ1v) is 17.2. The van der Waals surface area contributed by atoms with Crippen LogP contribution < -0.4 is 4.90 Å². The highest BCUT2D eigenvalue weighted by Crippen LogP contribution is 2.77. The Balaban J connectivity index is 1.47. The lowest BCUT2D eigenvalue weighted by Crippen LogP contribution is -2.28. The molecular formula is C42H35NS. The number of hydrogen-bond acceptors (Lipinski definition) is 1. The van der Waals surface area contributed by atoms with Gasteiger partial charge in [0.25, 0.3) is 0 Å². The molecule has 0 amide bonds. The summed E-state index contributed by atoms with van der Waals surface area (Å²) in [5, 5.41) is 0. The summed E-state index contributed by atoms with van der Waals surface area (Å²) in [7, 11) is -1.81. The van der Waals surface area contributed by atoms with E-state index in [1.807, 2.05) is 0 Å². The standard InChI is InChI=1S/C42H35NS/c1-5-17-32(18-6-1)33-19-15-26-37(31-33)44(35-22-9-3-10-23-35,36-24-11-4-12-25-36)41-30-16-29-40-42(41)38-27-13-14-28-39(38)43(40)34-20-7-2-8-21-34/h1-11,13-24,26-28,30-31,40H,12,25,29H2. The van der Waals surface area contributed by atoms with Crippen LogP contribution in [0.25, 0.3) is 16.7 Å². The Morgan fingerprint density at radius 2 is 1.30 bits per heavy atom. The van der Waals surface area contributed by atoms with Crippen LogP contribution in [-0.4, -0.2) is 6.04 Å². The van der Waals surface area contributed by atoms with Crippen molar-refractivity contribution in [2.45, 2.75) is 35.1 Å². The number of benzene rings is 5. The second-order valence-electron chi connectivity index (χ2n) is 11.6. The lowest BCUT2D eigenvalue weighted by molar-refractivity contribution is 0.828. The van der Waals surface area contributed by atoms with Crippen molar-refractivity contribution in [1.82, 2.24) is 0 Å². The van der Waals surface area contributed by atoms with Gasteiger partial charge in [-0.05, 0) is 83.3 Å². The normalized spacial score (nSPS) is 19.1. The second kappa shape index (κ2) is 11.4. The lowest BCUT2D eigenvalue weighted by atomic mass is 9.95. The highest BCUT2D eigenvalue weighted by Gasteiger charge is 2.44. The molecule has 2 atom stereocenters. The first kappa shape index (κ1) is 26.8. The first-order valence-electron chi connectivity index (χ1n) is 15.6. The maximum atomic E-state index is 2.58. The summed E-state index contributed by atoms with van der Waals surface area (Å²) < 4.78 is 0. The van der Waals surface area contributed by atoms with Gasteiger partial charge in [-0.1, -0.05) is 127 Å². The maximum absolute atomic E-state index is 2.58. The SMILES string of the molecule is C1=CCCC(S(C2=C3c4ccccc4N(c4ccccc4)C3CC=C2)(c2ccccc2)c2cccc(-c3ccccc3)c2)=C1. The summed E-state index contributed by atoms with van der Waals surface area (Å²) >= 11 is 0. The number of hydrogen-bond donors (Lipinski definition) is 0. The average Bonchev–Trinajstić information content (AvgIpc) is 3.45. The van der Waals surface area contributed by atoms with Gasteiger partial charge in [-0.15, -0.1) is 10.0 Å². The van der Waals surface area contributed by atoms with Crippen molar-refractivity contribution in [2.75, 3.05) is 4.90 Å². The summed E-state index contributed by atoms with van der Waals surface area (Å²) in [6.45, 7) is 0. The quantitative estimate of drug-likeness (QED) is 0.192. The van der Waals surface area contributed by atoms with Gasteiger partial charge in [0.05, 0.1) is 6.04 Å². The third-order valence-electron chi connectivity index (χ3n) is 9.12. The summed E-state index contributed by atoms with van der Waals surface area (Å²) in [4.78, 5) is 8.38. The molecular weight excluding hydrogens is 551 g/mol. The summed E-state index contributed by atoms with van der Waals surface area (Å²) in [6, 6.07) is 51.9. The second-order valence-corrected chi connectivity index (χ2v) is 14.7. The summed E-state index contributed by atoms with van der Waals surface area (Å²) in [5.74, 6) is 0. The molecule has 0 spiro atoms. The number of allylic oxidation sites excluding steroid dienone is 5. The highest BCUT2D eigenvalue weighted by molar-refractivity contribution is 8.40. The average molecular weight is 586 g/mol. The third kappa shape index (κ3) is 4.32. The molecule has 5 aromatic rings. The monoisotopic (exact) mass is 585 g/mol. The zero-order chi connectivity index (χ0) is 29.3. The molecule has 2 heteroatoms. The van der Waals surface area contributed by atoms with Crippen molar-refractivity contribution < 1.29 is 0 Å². The topological polar surface area (TPSA) is 3.24 Å². The molecule has 0 saturated heterocycles. The predicted octanol–water partition coefficient (Wildman–Crippen LogP) is 11.7. The third-order valence-corrected chi connectivity index (χ3v) is 13.2. The lowest BCUT2D eigenvalue weighted by Gasteiger charge is -2.47. The minimum atomic E-state index is -1.81. The van der Waals surface area contributed by atoms with Crippen LogP contribution in [0, 0.1) is 0 Å². The van der Waals surface area contributed by atoms with Crippen LogP contribution in [0.5, 0.6) is 0 Å². The molecule has 0 N–H and O–H groups in total.